The van der Waals surface area contributed by atoms with E-state index in [1.54, 1.807) is 0 Å². The summed E-state index contributed by atoms with van der Waals surface area (Å²) in [5.41, 5.74) is -1.71. The molecule has 0 spiro atoms. The Morgan fingerprint density at radius 2 is 2.10 bits per heavy atom. The number of nitriles is 1. The summed E-state index contributed by atoms with van der Waals surface area (Å²) in [4.78, 5) is 4.00. The summed E-state index contributed by atoms with van der Waals surface area (Å²) in [5, 5.41) is 15.1. The molecule has 0 amide bonds. The number of hydrogen-bond donors (Lipinski definition) is 0. The van der Waals surface area contributed by atoms with Crippen LogP contribution in [-0.4, -0.2) is 10.1 Å². The lowest BCUT2D eigenvalue weighted by atomic mass is 9.70. The third kappa shape index (κ3) is 1.89. The van der Waals surface area contributed by atoms with Gasteiger partial charge in [0.15, 0.2) is 0 Å². The highest BCUT2D eigenvalue weighted by atomic mass is 32.1. The van der Waals surface area contributed by atoms with E-state index in [4.69, 9.17) is 9.78 Å². The second kappa shape index (κ2) is 4.31. The minimum Gasteiger partial charge on any atom is -0.337 e. The highest BCUT2D eigenvalue weighted by molar-refractivity contribution is 7.08. The Labute approximate surface area is 115 Å². The highest BCUT2D eigenvalue weighted by Crippen LogP contribution is 2.44. The topological polar surface area (TPSA) is 62.7 Å². The van der Waals surface area contributed by atoms with Crippen LogP contribution in [0.25, 0.3) is 11.4 Å². The summed E-state index contributed by atoms with van der Waals surface area (Å²) in [6.45, 7) is 0. The lowest BCUT2D eigenvalue weighted by Crippen LogP contribution is -2.32. The third-order valence-electron chi connectivity index (χ3n) is 3.46. The molecule has 2 heterocycles. The maximum Gasteiger partial charge on any atom is 0.417 e. The number of rotatable bonds is 2. The van der Waals surface area contributed by atoms with E-state index in [2.05, 4.69) is 16.2 Å². The Morgan fingerprint density at radius 3 is 2.65 bits per heavy atom. The quantitative estimate of drug-likeness (QED) is 0.847. The summed E-state index contributed by atoms with van der Waals surface area (Å²) in [6, 6.07) is 2.12. The maximum absolute atomic E-state index is 12.8. The van der Waals surface area contributed by atoms with E-state index in [1.165, 1.54) is 5.38 Å². The summed E-state index contributed by atoms with van der Waals surface area (Å²) in [6.07, 6.45) is -2.39. The van der Waals surface area contributed by atoms with Crippen LogP contribution >= 0.6 is 11.3 Å². The predicted octanol–water partition coefficient (Wildman–Crippen LogP) is 3.76. The molecule has 0 radical (unpaired) electrons. The number of alkyl halides is 3. The van der Waals surface area contributed by atoms with E-state index in [0.717, 1.165) is 23.1 Å². The van der Waals surface area contributed by atoms with Crippen molar-refractivity contribution in [3.63, 3.8) is 0 Å². The lowest BCUT2D eigenvalue weighted by molar-refractivity contribution is -0.136. The van der Waals surface area contributed by atoms with E-state index in [-0.39, 0.29) is 17.3 Å². The Kier molecular flexibility index (Phi) is 2.83. The zero-order valence-electron chi connectivity index (χ0n) is 10.1. The van der Waals surface area contributed by atoms with Crippen LogP contribution in [0.3, 0.4) is 0 Å². The van der Waals surface area contributed by atoms with Crippen molar-refractivity contribution in [3.05, 3.63) is 22.2 Å². The van der Waals surface area contributed by atoms with Crippen molar-refractivity contribution in [1.29, 1.82) is 5.26 Å². The van der Waals surface area contributed by atoms with Crippen LogP contribution in [0.2, 0.25) is 0 Å². The highest BCUT2D eigenvalue weighted by Gasteiger charge is 2.45. The monoisotopic (exact) mass is 299 g/mol. The van der Waals surface area contributed by atoms with Crippen LogP contribution in [0.5, 0.6) is 0 Å². The van der Waals surface area contributed by atoms with Crippen LogP contribution in [0.4, 0.5) is 13.2 Å². The van der Waals surface area contributed by atoms with Crippen LogP contribution in [-0.2, 0) is 11.6 Å². The van der Waals surface area contributed by atoms with Crippen molar-refractivity contribution >= 4 is 11.3 Å². The molecule has 1 saturated carbocycles. The molecule has 3 rings (SSSR count). The van der Waals surface area contributed by atoms with Crippen molar-refractivity contribution in [3.8, 4) is 17.5 Å². The summed E-state index contributed by atoms with van der Waals surface area (Å²) < 4.78 is 43.5. The summed E-state index contributed by atoms with van der Waals surface area (Å²) in [7, 11) is 0. The molecular weight excluding hydrogens is 291 g/mol. The minimum absolute atomic E-state index is 0.107. The fourth-order valence-electron chi connectivity index (χ4n) is 2.12. The molecule has 0 atom stereocenters. The van der Waals surface area contributed by atoms with Gasteiger partial charge in [0.2, 0.25) is 11.7 Å². The van der Waals surface area contributed by atoms with Gasteiger partial charge in [0.25, 0.3) is 0 Å². The van der Waals surface area contributed by atoms with Gasteiger partial charge < -0.3 is 4.52 Å². The van der Waals surface area contributed by atoms with Crippen molar-refractivity contribution in [1.82, 2.24) is 10.1 Å². The van der Waals surface area contributed by atoms with Crippen LogP contribution < -0.4 is 0 Å². The molecule has 0 bridgehead atoms. The van der Waals surface area contributed by atoms with Crippen LogP contribution in [0.1, 0.15) is 30.7 Å². The Balaban J connectivity index is 2.00. The largest absolute Gasteiger partial charge is 0.417 e. The molecule has 0 unspecified atom stereocenters. The average Bonchev–Trinajstić information content (AvgIpc) is 2.95. The number of thiophene rings is 1. The first-order valence-electron chi connectivity index (χ1n) is 5.85. The fourth-order valence-corrected chi connectivity index (χ4v) is 2.95. The normalized spacial score (nSPS) is 17.5. The summed E-state index contributed by atoms with van der Waals surface area (Å²) >= 11 is 0.923. The maximum atomic E-state index is 12.8. The number of aromatic nitrogens is 2. The molecule has 0 saturated heterocycles. The average molecular weight is 299 g/mol. The molecule has 0 N–H and O–H groups in total. The Bertz CT molecular complexity index is 679. The molecule has 8 heteroatoms. The summed E-state index contributed by atoms with van der Waals surface area (Å²) in [5.74, 6) is -0.00401. The molecule has 0 aromatic carbocycles. The molecule has 1 aliphatic carbocycles. The second-order valence-corrected chi connectivity index (χ2v) is 5.41. The standard InChI is InChI=1S/C12H8F3N3OS/c13-12(14,15)8-5-20-4-7(8)9-17-10(19-18-9)11(6-16)2-1-3-11/h4-5H,1-3H2. The van der Waals surface area contributed by atoms with Gasteiger partial charge in [-0.3, -0.25) is 0 Å². The molecule has 104 valence electrons. The number of hydrogen-bond acceptors (Lipinski definition) is 5. The van der Waals surface area contributed by atoms with E-state index in [9.17, 15) is 13.2 Å². The molecule has 20 heavy (non-hydrogen) atoms. The number of nitrogens with zero attached hydrogens (tertiary/aromatic N) is 3. The SMILES string of the molecule is N#CC1(c2nc(-c3cscc3C(F)(F)F)no2)CCC1. The smallest absolute Gasteiger partial charge is 0.337 e. The molecular formula is C12H8F3N3OS. The molecule has 2 aromatic heterocycles. The first-order valence-corrected chi connectivity index (χ1v) is 6.80. The Hall–Kier alpha value is -1.88. The first kappa shape index (κ1) is 13.1. The van der Waals surface area contributed by atoms with Gasteiger partial charge in [0, 0.05) is 16.3 Å². The minimum atomic E-state index is -4.46. The van der Waals surface area contributed by atoms with Gasteiger partial charge in [-0.15, -0.1) is 0 Å². The first-order chi connectivity index (χ1) is 9.46. The lowest BCUT2D eigenvalue weighted by Gasteiger charge is -2.30. The molecule has 0 aliphatic heterocycles. The van der Waals surface area contributed by atoms with E-state index in [1.807, 2.05) is 0 Å². The van der Waals surface area contributed by atoms with Gasteiger partial charge in [-0.2, -0.15) is 34.8 Å². The van der Waals surface area contributed by atoms with Crippen molar-refractivity contribution in [2.45, 2.75) is 30.9 Å². The van der Waals surface area contributed by atoms with E-state index < -0.39 is 17.2 Å². The van der Waals surface area contributed by atoms with E-state index in [0.29, 0.717) is 12.8 Å². The molecule has 2 aromatic rings. The van der Waals surface area contributed by atoms with Gasteiger partial charge in [-0.25, -0.2) is 0 Å². The zero-order chi connectivity index (χ0) is 14.4. The third-order valence-corrected chi connectivity index (χ3v) is 4.21. The fraction of sp³-hybridized carbons (Fsp3) is 0.417. The van der Waals surface area contributed by atoms with Crippen molar-refractivity contribution in [2.24, 2.45) is 0 Å². The van der Waals surface area contributed by atoms with Gasteiger partial charge in [-0.1, -0.05) is 5.16 Å². The van der Waals surface area contributed by atoms with Crippen molar-refractivity contribution < 1.29 is 17.7 Å². The van der Waals surface area contributed by atoms with Crippen LogP contribution in [0.15, 0.2) is 15.3 Å². The second-order valence-electron chi connectivity index (χ2n) is 4.67. The van der Waals surface area contributed by atoms with Crippen molar-refractivity contribution in [2.75, 3.05) is 0 Å². The predicted molar refractivity (Wildman–Crippen MR) is 63.8 cm³/mol. The van der Waals surface area contributed by atoms with Gasteiger partial charge in [-0.05, 0) is 19.3 Å². The van der Waals surface area contributed by atoms with E-state index >= 15 is 0 Å². The van der Waals surface area contributed by atoms with Gasteiger partial charge in [0.05, 0.1) is 11.6 Å². The van der Waals surface area contributed by atoms with Crippen LogP contribution in [0, 0.1) is 11.3 Å². The molecule has 1 aliphatic rings. The molecule has 1 fully saturated rings. The molecule has 4 nitrogen and oxygen atoms in total. The number of halogens is 3. The van der Waals surface area contributed by atoms with Gasteiger partial charge >= 0.3 is 6.18 Å². The van der Waals surface area contributed by atoms with Gasteiger partial charge in [0.1, 0.15) is 5.41 Å². The zero-order valence-corrected chi connectivity index (χ0v) is 10.9. The Morgan fingerprint density at radius 1 is 1.35 bits per heavy atom.